The number of pyridine rings is 2. The molecule has 2 N–H and O–H groups in total. The van der Waals surface area contributed by atoms with Gasteiger partial charge in [0.05, 0.1) is 46.5 Å². The standard InChI is InChI=1S/C25H35NO5Si.C13H12BrNO2.C12H24O3Si/c1-16(31-32(7,8)25(4,5)6)21(24(28)29)13-10-19-9-11-20-12-14-22(26-23(20)15-19)17(2)30-18(3)27;1-8(17-9(2)16)12-6-4-10-3-5-11(14)7-13(10)15-12;1-8-10(11(13)14)9(2)15-16(6,7)12(3,4)5/h9-17,21H,1-8H3,(H,28,29);3-8H,1-2H3;8-10H,1H2,2-7H3,(H,13,14)/b13-10+;;/t16-,17-,21-;8-;9-,10-/m111/s1. The number of aromatic nitrogens is 2. The molecule has 4 aromatic rings. The van der Waals surface area contributed by atoms with E-state index in [2.05, 4.69) is 100 Å². The Morgan fingerprint density at radius 1 is 0.646 bits per heavy atom. The first-order valence-corrected chi connectivity index (χ1v) is 28.3. The van der Waals surface area contributed by atoms with Crippen LogP contribution in [0.25, 0.3) is 27.9 Å². The molecule has 15 heteroatoms. The van der Waals surface area contributed by atoms with Crippen LogP contribution in [-0.4, -0.2) is 72.9 Å². The molecule has 12 nitrogen and oxygen atoms in total. The minimum atomic E-state index is -2.09. The lowest BCUT2D eigenvalue weighted by Gasteiger charge is -2.39. The van der Waals surface area contributed by atoms with Crippen molar-refractivity contribution < 1.29 is 47.7 Å². The summed E-state index contributed by atoms with van der Waals surface area (Å²) in [6, 6.07) is 19.3. The molecule has 2 heterocycles. The van der Waals surface area contributed by atoms with Crippen LogP contribution in [0.3, 0.4) is 0 Å². The second-order valence-electron chi connectivity index (χ2n) is 19.3. The van der Waals surface area contributed by atoms with Gasteiger partial charge in [0, 0.05) is 29.1 Å². The van der Waals surface area contributed by atoms with E-state index in [1.54, 1.807) is 26.0 Å². The SMILES string of the molecule is C=C[C@@H](C(=O)O)[C@@H](C)O[Si](C)(C)C(C)(C)C.CC(=O)O[C@H](C)c1ccc2ccc(/C=C/[C@@H](C(=O)O)[C@@H](C)O[Si](C)(C)C(C)(C)C)cc2n1.CC(=O)O[C@H](C)c1ccc2ccc(Br)cc2n1. The number of hydrogen-bond acceptors (Lipinski definition) is 10. The lowest BCUT2D eigenvalue weighted by Crippen LogP contribution is -2.45. The van der Waals surface area contributed by atoms with Crippen LogP contribution >= 0.6 is 15.9 Å². The molecule has 0 fully saturated rings. The van der Waals surface area contributed by atoms with E-state index in [1.165, 1.54) is 19.9 Å². The van der Waals surface area contributed by atoms with Crippen molar-refractivity contribution in [3.05, 3.63) is 101 Å². The summed E-state index contributed by atoms with van der Waals surface area (Å²) in [5.74, 6) is -3.83. The third-order valence-corrected chi connectivity index (χ3v) is 21.5. The van der Waals surface area contributed by atoms with Crippen molar-refractivity contribution >= 4 is 84.3 Å². The van der Waals surface area contributed by atoms with Crippen LogP contribution in [0.15, 0.2) is 83.9 Å². The van der Waals surface area contributed by atoms with Gasteiger partial charge in [0.25, 0.3) is 0 Å². The summed E-state index contributed by atoms with van der Waals surface area (Å²) >= 11 is 3.41. The predicted octanol–water partition coefficient (Wildman–Crippen LogP) is 12.9. The van der Waals surface area contributed by atoms with Gasteiger partial charge in [-0.25, -0.2) is 9.97 Å². The molecule has 0 aliphatic rings. The number of carboxylic acid groups (broad SMARTS) is 2. The summed E-state index contributed by atoms with van der Waals surface area (Å²) < 4.78 is 23.6. The Morgan fingerprint density at radius 2 is 1.03 bits per heavy atom. The van der Waals surface area contributed by atoms with Crippen LogP contribution in [0.2, 0.25) is 36.3 Å². The monoisotopic (exact) mass is 994 g/mol. The molecule has 4 rings (SSSR count). The quantitative estimate of drug-likeness (QED) is 0.0657. The summed E-state index contributed by atoms with van der Waals surface area (Å²) in [5.41, 5.74) is 3.89. The Morgan fingerprint density at radius 3 is 1.42 bits per heavy atom. The Bertz CT molecular complexity index is 2320. The van der Waals surface area contributed by atoms with E-state index in [0.717, 1.165) is 37.5 Å². The number of carbonyl (C=O) groups excluding carboxylic acids is 2. The highest BCUT2D eigenvalue weighted by atomic mass is 79.9. The highest BCUT2D eigenvalue weighted by Gasteiger charge is 2.41. The van der Waals surface area contributed by atoms with Gasteiger partial charge in [0.2, 0.25) is 0 Å². The Hall–Kier alpha value is -4.55. The van der Waals surface area contributed by atoms with E-state index in [-0.39, 0.29) is 34.2 Å². The maximum atomic E-state index is 11.9. The van der Waals surface area contributed by atoms with Gasteiger partial charge in [-0.15, -0.1) is 6.58 Å². The van der Waals surface area contributed by atoms with Gasteiger partial charge in [-0.05, 0) is 99.9 Å². The molecule has 2 aromatic heterocycles. The van der Waals surface area contributed by atoms with Crippen molar-refractivity contribution in [1.29, 1.82) is 0 Å². The van der Waals surface area contributed by atoms with Gasteiger partial charge in [-0.1, -0.05) is 106 Å². The molecule has 2 aromatic carbocycles. The van der Waals surface area contributed by atoms with E-state index >= 15 is 0 Å². The molecule has 0 unspecified atom stereocenters. The summed E-state index contributed by atoms with van der Waals surface area (Å²) in [5, 5.41) is 20.9. The number of rotatable bonds is 15. The van der Waals surface area contributed by atoms with Gasteiger partial charge in [-0.3, -0.25) is 19.2 Å². The molecule has 65 heavy (non-hydrogen) atoms. The summed E-state index contributed by atoms with van der Waals surface area (Å²) in [7, 11) is -4.00. The number of halogens is 1. The van der Waals surface area contributed by atoms with Crippen molar-refractivity contribution in [1.82, 2.24) is 9.97 Å². The third-order valence-electron chi connectivity index (χ3n) is 11.8. The predicted molar refractivity (Wildman–Crippen MR) is 269 cm³/mol. The fraction of sp³-hybridized carbons (Fsp3) is 0.480. The highest BCUT2D eigenvalue weighted by molar-refractivity contribution is 9.10. The molecular weight excluding hydrogens is 925 g/mol. The van der Waals surface area contributed by atoms with Gasteiger partial charge in [-0.2, -0.15) is 0 Å². The summed E-state index contributed by atoms with van der Waals surface area (Å²) in [6.07, 6.45) is 3.40. The first kappa shape index (κ1) is 56.6. The molecule has 0 radical (unpaired) electrons. The topological polar surface area (TPSA) is 171 Å². The van der Waals surface area contributed by atoms with Crippen LogP contribution in [-0.2, 0) is 37.5 Å². The fourth-order valence-electron chi connectivity index (χ4n) is 6.01. The van der Waals surface area contributed by atoms with Gasteiger partial charge >= 0.3 is 23.9 Å². The van der Waals surface area contributed by atoms with E-state index in [9.17, 15) is 24.3 Å². The smallest absolute Gasteiger partial charge is 0.312 e. The number of nitrogens with zero attached hydrogens (tertiary/aromatic N) is 2. The highest BCUT2D eigenvalue weighted by Crippen LogP contribution is 2.39. The minimum absolute atomic E-state index is 0.00100. The molecule has 0 aliphatic carbocycles. The zero-order valence-electron chi connectivity index (χ0n) is 41.1. The largest absolute Gasteiger partial charge is 0.481 e. The number of fused-ring (bicyclic) bond motifs is 2. The fourth-order valence-corrected chi connectivity index (χ4v) is 9.22. The lowest BCUT2D eigenvalue weighted by atomic mass is 10.0. The number of carboxylic acids is 2. The molecular formula is C50H71BrN2O10Si2. The Kier molecular flexibility index (Phi) is 20.7. The van der Waals surface area contributed by atoms with Gasteiger partial charge in [0.15, 0.2) is 16.6 Å². The molecule has 0 saturated carbocycles. The van der Waals surface area contributed by atoms with E-state index in [1.807, 2.05) is 74.5 Å². The maximum Gasteiger partial charge on any atom is 0.312 e. The molecule has 356 valence electrons. The van der Waals surface area contributed by atoms with E-state index < -0.39 is 52.6 Å². The number of carbonyl (C=O) groups is 4. The normalized spacial score (nSPS) is 15.0. The first-order valence-electron chi connectivity index (χ1n) is 21.7. The second-order valence-corrected chi connectivity index (χ2v) is 29.7. The number of benzene rings is 2. The van der Waals surface area contributed by atoms with Crippen molar-refractivity contribution in [2.45, 2.75) is 144 Å². The average molecular weight is 996 g/mol. The Balaban J connectivity index is 0.000000370. The van der Waals surface area contributed by atoms with Crippen LogP contribution in [0.5, 0.6) is 0 Å². The lowest BCUT2D eigenvalue weighted by molar-refractivity contribution is -0.147. The van der Waals surface area contributed by atoms with Gasteiger partial charge in [0.1, 0.15) is 12.2 Å². The Labute approximate surface area is 396 Å². The molecule has 0 amide bonds. The summed E-state index contributed by atoms with van der Waals surface area (Å²) in [4.78, 5) is 54.1. The zero-order chi connectivity index (χ0) is 49.8. The molecule has 0 saturated heterocycles. The minimum Gasteiger partial charge on any atom is -0.481 e. The average Bonchev–Trinajstić information content (AvgIpc) is 3.16. The van der Waals surface area contributed by atoms with Crippen LogP contribution in [0, 0.1) is 11.8 Å². The number of hydrogen-bond donors (Lipinski definition) is 2. The van der Waals surface area contributed by atoms with Crippen LogP contribution in [0.4, 0.5) is 0 Å². The number of ether oxygens (including phenoxy) is 2. The van der Waals surface area contributed by atoms with Crippen molar-refractivity contribution in [2.24, 2.45) is 11.8 Å². The van der Waals surface area contributed by atoms with E-state index in [0.29, 0.717) is 5.69 Å². The van der Waals surface area contributed by atoms with Gasteiger partial charge < -0.3 is 28.5 Å². The first-order chi connectivity index (χ1) is 29.8. The number of esters is 2. The molecule has 6 atom stereocenters. The van der Waals surface area contributed by atoms with Crippen LogP contribution in [0.1, 0.15) is 112 Å². The summed E-state index contributed by atoms with van der Waals surface area (Å²) in [6.45, 7) is 34.8. The second kappa shape index (κ2) is 23.8. The zero-order valence-corrected chi connectivity index (χ0v) is 44.7. The van der Waals surface area contributed by atoms with Crippen molar-refractivity contribution in [3.63, 3.8) is 0 Å². The molecule has 0 spiro atoms. The number of aliphatic carboxylic acids is 2. The van der Waals surface area contributed by atoms with Crippen molar-refractivity contribution in [3.8, 4) is 0 Å². The van der Waals surface area contributed by atoms with Crippen LogP contribution < -0.4 is 0 Å². The maximum absolute atomic E-state index is 11.9. The molecule has 0 bridgehead atoms. The molecule has 0 aliphatic heterocycles. The van der Waals surface area contributed by atoms with E-state index in [4.69, 9.17) is 23.4 Å². The van der Waals surface area contributed by atoms with Crippen molar-refractivity contribution in [2.75, 3.05) is 0 Å². The third kappa shape index (κ3) is 17.3.